The van der Waals surface area contributed by atoms with Crippen molar-refractivity contribution in [2.24, 2.45) is 0 Å². The second-order valence-electron chi connectivity index (χ2n) is 8.57. The van der Waals surface area contributed by atoms with E-state index in [0.29, 0.717) is 10.6 Å². The zero-order valence-electron chi connectivity index (χ0n) is 20.7. The lowest BCUT2D eigenvalue weighted by Crippen LogP contribution is -2.54. The lowest BCUT2D eigenvalue weighted by molar-refractivity contribution is -0.384. The van der Waals surface area contributed by atoms with Gasteiger partial charge >= 0.3 is 6.03 Å². The summed E-state index contributed by atoms with van der Waals surface area (Å²) < 4.78 is 5.67. The van der Waals surface area contributed by atoms with E-state index in [4.69, 9.17) is 16.3 Å². The average molecular weight is 549 g/mol. The van der Waals surface area contributed by atoms with Gasteiger partial charge in [0.1, 0.15) is 11.3 Å². The molecule has 0 unspecified atom stereocenters. The van der Waals surface area contributed by atoms with E-state index < -0.39 is 34.2 Å². The number of nitrogens with one attached hydrogen (secondary N) is 2. The Morgan fingerprint density at radius 1 is 1.10 bits per heavy atom. The number of ether oxygens (including phenoxy) is 1. The number of barbiturate groups is 1. The molecule has 5 amide bonds. The Balaban J connectivity index is 1.60. The summed E-state index contributed by atoms with van der Waals surface area (Å²) in [6, 6.07) is 13.8. The largest absolute Gasteiger partial charge is 0.483 e. The Bertz CT molecular complexity index is 1570. The Labute approximate surface area is 227 Å². The quantitative estimate of drug-likeness (QED) is 0.190. The number of amides is 5. The van der Waals surface area contributed by atoms with E-state index in [0.717, 1.165) is 23.3 Å². The number of nitro groups is 1. The highest BCUT2D eigenvalue weighted by atomic mass is 35.5. The molecule has 0 bridgehead atoms. The van der Waals surface area contributed by atoms with Crippen molar-refractivity contribution in [3.63, 3.8) is 0 Å². The topological polar surface area (TPSA) is 148 Å². The number of rotatable bonds is 7. The van der Waals surface area contributed by atoms with Crippen LogP contribution in [0.25, 0.3) is 6.08 Å². The Morgan fingerprint density at radius 3 is 2.62 bits per heavy atom. The monoisotopic (exact) mass is 548 g/mol. The molecule has 2 N–H and O–H groups in total. The van der Waals surface area contributed by atoms with Gasteiger partial charge in [0.15, 0.2) is 6.61 Å². The van der Waals surface area contributed by atoms with Crippen LogP contribution in [0.15, 0.2) is 66.2 Å². The fourth-order valence-corrected chi connectivity index (χ4v) is 3.94. The second-order valence-corrected chi connectivity index (χ2v) is 9.01. The predicted molar refractivity (Wildman–Crippen MR) is 144 cm³/mol. The Morgan fingerprint density at radius 2 is 1.87 bits per heavy atom. The highest BCUT2D eigenvalue weighted by Gasteiger charge is 2.37. The third-order valence-electron chi connectivity index (χ3n) is 5.70. The van der Waals surface area contributed by atoms with Gasteiger partial charge in [0, 0.05) is 28.4 Å². The van der Waals surface area contributed by atoms with Crippen molar-refractivity contribution in [1.82, 2.24) is 5.32 Å². The average Bonchev–Trinajstić information content (AvgIpc) is 2.88. The molecular formula is C27H21ClN4O7. The van der Waals surface area contributed by atoms with Crippen molar-refractivity contribution in [2.45, 2.75) is 13.8 Å². The first kappa shape index (κ1) is 27.0. The molecule has 1 saturated heterocycles. The minimum absolute atomic E-state index is 0.101. The summed E-state index contributed by atoms with van der Waals surface area (Å²) >= 11 is 6.13. The SMILES string of the molecule is Cc1ccc(C)c(NC(=O)COc2ccc(Cl)cc2/C=C2/C(=O)NC(=O)N(c3cccc([N+](=O)[O-])c3)C2=O)c1. The van der Waals surface area contributed by atoms with Gasteiger partial charge in [0.05, 0.1) is 10.6 Å². The van der Waals surface area contributed by atoms with Crippen LogP contribution in [0.1, 0.15) is 16.7 Å². The zero-order valence-corrected chi connectivity index (χ0v) is 21.4. The minimum Gasteiger partial charge on any atom is -0.483 e. The van der Waals surface area contributed by atoms with Crippen molar-refractivity contribution >= 4 is 58.5 Å². The highest BCUT2D eigenvalue weighted by Crippen LogP contribution is 2.29. The summed E-state index contributed by atoms with van der Waals surface area (Å²) in [5.74, 6) is -2.29. The van der Waals surface area contributed by atoms with E-state index in [1.807, 2.05) is 37.4 Å². The number of nitro benzene ring substituents is 1. The van der Waals surface area contributed by atoms with Gasteiger partial charge in [0.25, 0.3) is 23.4 Å². The third-order valence-corrected chi connectivity index (χ3v) is 5.93. The number of urea groups is 1. The molecule has 3 aromatic rings. The summed E-state index contributed by atoms with van der Waals surface area (Å²) in [5.41, 5.74) is 1.77. The summed E-state index contributed by atoms with van der Waals surface area (Å²) in [4.78, 5) is 61.9. The van der Waals surface area contributed by atoms with Crippen LogP contribution in [-0.4, -0.2) is 35.3 Å². The van der Waals surface area contributed by atoms with Crippen LogP contribution in [-0.2, 0) is 14.4 Å². The molecule has 12 heteroatoms. The van der Waals surface area contributed by atoms with Gasteiger partial charge in [-0.25, -0.2) is 9.69 Å². The van der Waals surface area contributed by atoms with E-state index in [1.165, 1.54) is 36.4 Å². The van der Waals surface area contributed by atoms with Crippen molar-refractivity contribution in [2.75, 3.05) is 16.8 Å². The highest BCUT2D eigenvalue weighted by molar-refractivity contribution is 6.39. The van der Waals surface area contributed by atoms with Crippen LogP contribution < -0.4 is 20.3 Å². The zero-order chi connectivity index (χ0) is 28.3. The fraction of sp³-hybridized carbons (Fsp3) is 0.111. The number of carbonyl (C=O) groups is 4. The van der Waals surface area contributed by atoms with Crippen molar-refractivity contribution < 1.29 is 28.8 Å². The molecule has 0 aliphatic carbocycles. The fourth-order valence-electron chi connectivity index (χ4n) is 3.76. The number of hydrogen-bond acceptors (Lipinski definition) is 7. The van der Waals surface area contributed by atoms with Crippen LogP contribution in [0.2, 0.25) is 5.02 Å². The third kappa shape index (κ3) is 6.11. The number of imide groups is 2. The number of aryl methyl sites for hydroxylation is 2. The van der Waals surface area contributed by atoms with E-state index >= 15 is 0 Å². The van der Waals surface area contributed by atoms with Gasteiger partial charge in [-0.15, -0.1) is 0 Å². The van der Waals surface area contributed by atoms with Gasteiger partial charge in [-0.3, -0.25) is 29.8 Å². The molecule has 198 valence electrons. The van der Waals surface area contributed by atoms with Crippen LogP contribution in [0.5, 0.6) is 5.75 Å². The van der Waals surface area contributed by atoms with Crippen LogP contribution >= 0.6 is 11.6 Å². The first-order valence-corrected chi connectivity index (χ1v) is 11.9. The molecule has 11 nitrogen and oxygen atoms in total. The maximum atomic E-state index is 13.2. The molecule has 3 aromatic carbocycles. The number of benzene rings is 3. The number of anilines is 2. The van der Waals surface area contributed by atoms with Crippen LogP contribution in [0.3, 0.4) is 0 Å². The number of halogens is 1. The molecule has 1 aliphatic heterocycles. The molecular weight excluding hydrogens is 528 g/mol. The molecule has 0 radical (unpaired) electrons. The number of carbonyl (C=O) groups excluding carboxylic acids is 4. The lowest BCUT2D eigenvalue weighted by atomic mass is 10.1. The van der Waals surface area contributed by atoms with Gasteiger partial charge in [0.2, 0.25) is 0 Å². The van der Waals surface area contributed by atoms with Crippen LogP contribution in [0, 0.1) is 24.0 Å². The van der Waals surface area contributed by atoms with E-state index in [2.05, 4.69) is 5.32 Å². The maximum Gasteiger partial charge on any atom is 0.335 e. The lowest BCUT2D eigenvalue weighted by Gasteiger charge is -2.26. The number of hydrogen-bond donors (Lipinski definition) is 2. The normalized spacial score (nSPS) is 14.3. The number of nitrogens with zero attached hydrogens (tertiary/aromatic N) is 2. The van der Waals surface area contributed by atoms with Crippen molar-refractivity contribution in [3.05, 3.63) is 98.1 Å². The van der Waals surface area contributed by atoms with Crippen LogP contribution in [0.4, 0.5) is 21.9 Å². The first-order valence-electron chi connectivity index (χ1n) is 11.5. The molecule has 1 heterocycles. The summed E-state index contributed by atoms with van der Waals surface area (Å²) in [6.45, 7) is 3.37. The second kappa shape index (κ2) is 11.2. The number of non-ortho nitro benzene ring substituents is 1. The smallest absolute Gasteiger partial charge is 0.335 e. The van der Waals surface area contributed by atoms with Gasteiger partial charge < -0.3 is 10.1 Å². The summed E-state index contributed by atoms with van der Waals surface area (Å²) in [7, 11) is 0. The van der Waals surface area contributed by atoms with E-state index in [1.54, 1.807) is 0 Å². The summed E-state index contributed by atoms with van der Waals surface area (Å²) in [5, 5.41) is 16.2. The van der Waals surface area contributed by atoms with E-state index in [9.17, 15) is 29.3 Å². The molecule has 1 fully saturated rings. The molecule has 0 aromatic heterocycles. The van der Waals surface area contributed by atoms with Gasteiger partial charge in [-0.1, -0.05) is 29.8 Å². The van der Waals surface area contributed by atoms with Crippen molar-refractivity contribution in [3.8, 4) is 5.75 Å². The molecule has 4 rings (SSSR count). The Hall–Kier alpha value is -5.03. The van der Waals surface area contributed by atoms with Crippen molar-refractivity contribution in [1.29, 1.82) is 0 Å². The van der Waals surface area contributed by atoms with Gasteiger partial charge in [-0.2, -0.15) is 0 Å². The Kier molecular flexibility index (Phi) is 7.73. The first-order chi connectivity index (χ1) is 18.5. The molecule has 39 heavy (non-hydrogen) atoms. The molecule has 0 spiro atoms. The van der Waals surface area contributed by atoms with E-state index in [-0.39, 0.29) is 34.3 Å². The standard InChI is InChI=1S/C27H21ClN4O7/c1-15-6-7-16(2)22(10-15)29-24(33)14-39-23-9-8-18(28)11-17(23)12-21-25(34)30-27(36)31(26(21)35)19-4-3-5-20(13-19)32(37)38/h3-13H,14H2,1-2H3,(H,29,33)(H,30,34,36)/b21-12-. The predicted octanol–water partition coefficient (Wildman–Crippen LogP) is 4.55. The van der Waals surface area contributed by atoms with Gasteiger partial charge in [-0.05, 0) is 61.4 Å². The molecule has 0 atom stereocenters. The maximum absolute atomic E-state index is 13.2. The molecule has 1 aliphatic rings. The minimum atomic E-state index is -1.06. The summed E-state index contributed by atoms with van der Waals surface area (Å²) in [6.07, 6.45) is 1.16. The molecule has 0 saturated carbocycles.